The maximum absolute atomic E-state index is 13.4. The van der Waals surface area contributed by atoms with E-state index in [0.29, 0.717) is 16.8 Å². The second kappa shape index (κ2) is 15.8. The summed E-state index contributed by atoms with van der Waals surface area (Å²) in [4.78, 5) is 9.70. The number of nitrogens with one attached hydrogen (secondary N) is 1. The lowest BCUT2D eigenvalue weighted by Crippen LogP contribution is -2.36. The first-order chi connectivity index (χ1) is 23.5. The van der Waals surface area contributed by atoms with Gasteiger partial charge in [-0.1, -0.05) is 67.8 Å². The van der Waals surface area contributed by atoms with Crippen molar-refractivity contribution >= 4 is 38.3 Å². The highest BCUT2D eigenvalue weighted by atomic mass is 32.2. The van der Waals surface area contributed by atoms with Crippen molar-refractivity contribution in [3.8, 4) is 0 Å². The SMILES string of the molecule is CCN(CC)c1ccc(C(=C2C=CC(=NC3CCCCC3)c3c(CNS(=O)(=O)C(F)(F)F)cccc32)c2ccc(N(CC)CC)cc2)cc1. The molecule has 1 N–H and O–H groups in total. The summed E-state index contributed by atoms with van der Waals surface area (Å²) in [6.45, 7) is 11.6. The van der Waals surface area contributed by atoms with Gasteiger partial charge in [0.2, 0.25) is 0 Å². The van der Waals surface area contributed by atoms with E-state index in [4.69, 9.17) is 4.99 Å². The number of allylic oxidation sites excluding steroid dienone is 3. The minimum absolute atomic E-state index is 0.103. The zero-order valence-electron chi connectivity index (χ0n) is 28.9. The summed E-state index contributed by atoms with van der Waals surface area (Å²) in [6, 6.07) is 22.5. The van der Waals surface area contributed by atoms with E-state index in [0.717, 1.165) is 97.5 Å². The number of nitrogens with zero attached hydrogens (tertiary/aromatic N) is 3. The molecule has 5 rings (SSSR count). The second-order valence-corrected chi connectivity index (χ2v) is 14.2. The predicted octanol–water partition coefficient (Wildman–Crippen LogP) is 8.97. The maximum Gasteiger partial charge on any atom is 0.511 e. The fourth-order valence-electron chi connectivity index (χ4n) is 6.93. The summed E-state index contributed by atoms with van der Waals surface area (Å²) < 4.78 is 66.0. The molecule has 0 heterocycles. The van der Waals surface area contributed by atoms with Crippen molar-refractivity contribution in [2.45, 2.75) is 77.9 Å². The van der Waals surface area contributed by atoms with E-state index in [1.54, 1.807) is 16.9 Å². The number of fused-ring (bicyclic) bond motifs is 1. The zero-order valence-corrected chi connectivity index (χ0v) is 29.7. The third-order valence-electron chi connectivity index (χ3n) is 9.60. The standard InChI is InChI=1S/C39H47F3N4O2S/c1-5-45(6-2)32-21-17-28(18-22-32)37(29-19-23-33(24-20-29)46(7-3)8-4)35-25-26-36(44-31-14-10-9-11-15-31)38-30(13-12-16-34(35)38)27-43-49(47,48)39(40,41)42/h12-13,16-26,31,43H,5-11,14-15,27H2,1-4H3. The number of sulfonamides is 1. The summed E-state index contributed by atoms with van der Waals surface area (Å²) in [5, 5.41) is 0. The molecule has 0 spiro atoms. The molecule has 10 heteroatoms. The first-order valence-electron chi connectivity index (χ1n) is 17.4. The van der Waals surface area contributed by atoms with E-state index in [-0.39, 0.29) is 6.04 Å². The van der Waals surface area contributed by atoms with E-state index >= 15 is 0 Å². The van der Waals surface area contributed by atoms with Gasteiger partial charge >= 0.3 is 15.5 Å². The molecule has 49 heavy (non-hydrogen) atoms. The van der Waals surface area contributed by atoms with Gasteiger partial charge in [0, 0.05) is 49.7 Å². The van der Waals surface area contributed by atoms with Crippen LogP contribution < -0.4 is 14.5 Å². The third kappa shape index (κ3) is 8.13. The molecule has 262 valence electrons. The Labute approximate surface area is 289 Å². The molecule has 6 nitrogen and oxygen atoms in total. The van der Waals surface area contributed by atoms with Crippen LogP contribution >= 0.6 is 0 Å². The summed E-state index contributed by atoms with van der Waals surface area (Å²) in [6.07, 6.45) is 9.21. The second-order valence-electron chi connectivity index (χ2n) is 12.5. The van der Waals surface area contributed by atoms with Crippen LogP contribution in [0.2, 0.25) is 0 Å². The molecule has 1 fully saturated rings. The van der Waals surface area contributed by atoms with Gasteiger partial charge in [-0.25, -0.2) is 13.1 Å². The Kier molecular flexibility index (Phi) is 11.7. The molecule has 0 radical (unpaired) electrons. The van der Waals surface area contributed by atoms with Crippen LogP contribution in [0.4, 0.5) is 24.5 Å². The molecule has 3 aromatic rings. The first-order valence-corrected chi connectivity index (χ1v) is 18.9. The molecular weight excluding hydrogens is 646 g/mol. The molecule has 3 aromatic carbocycles. The number of aliphatic imine (C=N–C) groups is 1. The average Bonchev–Trinajstić information content (AvgIpc) is 3.10. The molecule has 1 saturated carbocycles. The minimum Gasteiger partial charge on any atom is -0.372 e. The predicted molar refractivity (Wildman–Crippen MR) is 197 cm³/mol. The number of hydrogen-bond donors (Lipinski definition) is 1. The van der Waals surface area contributed by atoms with Crippen molar-refractivity contribution in [1.82, 2.24) is 4.72 Å². The highest BCUT2D eigenvalue weighted by molar-refractivity contribution is 7.90. The molecular formula is C39H47F3N4O2S. The summed E-state index contributed by atoms with van der Waals surface area (Å²) >= 11 is 0. The van der Waals surface area contributed by atoms with Gasteiger partial charge in [0.05, 0.1) is 11.8 Å². The molecule has 0 saturated heterocycles. The van der Waals surface area contributed by atoms with Crippen molar-refractivity contribution in [2.24, 2.45) is 4.99 Å². The molecule has 0 aliphatic heterocycles. The fourth-order valence-corrected chi connectivity index (χ4v) is 7.44. The van der Waals surface area contributed by atoms with Gasteiger partial charge in [0.15, 0.2) is 0 Å². The highest BCUT2D eigenvalue weighted by Gasteiger charge is 2.45. The van der Waals surface area contributed by atoms with Crippen molar-refractivity contribution in [2.75, 3.05) is 36.0 Å². The van der Waals surface area contributed by atoms with Crippen LogP contribution in [0, 0.1) is 0 Å². The molecule has 0 amide bonds. The van der Waals surface area contributed by atoms with Crippen LogP contribution in [0.5, 0.6) is 0 Å². The molecule has 0 bridgehead atoms. The number of benzene rings is 3. The number of halogens is 3. The topological polar surface area (TPSA) is 65.0 Å². The van der Waals surface area contributed by atoms with E-state index in [9.17, 15) is 21.6 Å². The van der Waals surface area contributed by atoms with Crippen molar-refractivity contribution in [3.05, 3.63) is 107 Å². The van der Waals surface area contributed by atoms with Crippen LogP contribution in [-0.4, -0.2) is 51.9 Å². The number of alkyl halides is 3. The Morgan fingerprint density at radius 2 is 1.31 bits per heavy atom. The summed E-state index contributed by atoms with van der Waals surface area (Å²) in [5.41, 5.74) is 3.25. The molecule has 0 unspecified atom stereocenters. The Morgan fingerprint density at radius 1 is 0.776 bits per heavy atom. The van der Waals surface area contributed by atoms with Gasteiger partial charge in [-0.15, -0.1) is 0 Å². The first kappa shape index (κ1) is 36.4. The monoisotopic (exact) mass is 692 g/mol. The minimum atomic E-state index is -5.54. The lowest BCUT2D eigenvalue weighted by molar-refractivity contribution is -0.0448. The highest BCUT2D eigenvalue weighted by Crippen LogP contribution is 2.40. The van der Waals surface area contributed by atoms with E-state index < -0.39 is 22.1 Å². The summed E-state index contributed by atoms with van der Waals surface area (Å²) in [5.74, 6) is 0. The fraction of sp³-hybridized carbons (Fsp3) is 0.410. The molecule has 0 atom stereocenters. The van der Waals surface area contributed by atoms with Gasteiger partial charge in [-0.05, 0) is 104 Å². The average molecular weight is 693 g/mol. The van der Waals surface area contributed by atoms with Gasteiger partial charge in [-0.2, -0.15) is 13.2 Å². The summed E-state index contributed by atoms with van der Waals surface area (Å²) in [7, 11) is -5.54. The van der Waals surface area contributed by atoms with Crippen LogP contribution in [0.1, 0.15) is 87.6 Å². The maximum atomic E-state index is 13.4. The van der Waals surface area contributed by atoms with Crippen molar-refractivity contribution in [3.63, 3.8) is 0 Å². The number of hydrogen-bond acceptors (Lipinski definition) is 5. The quantitative estimate of drug-likeness (QED) is 0.206. The number of rotatable bonds is 12. The Balaban J connectivity index is 1.72. The van der Waals surface area contributed by atoms with E-state index in [1.807, 2.05) is 12.1 Å². The molecule has 2 aliphatic carbocycles. The Morgan fingerprint density at radius 3 is 1.80 bits per heavy atom. The normalized spacial score (nSPS) is 16.1. The lowest BCUT2D eigenvalue weighted by atomic mass is 9.81. The van der Waals surface area contributed by atoms with Crippen molar-refractivity contribution < 1.29 is 21.6 Å². The van der Waals surface area contributed by atoms with Crippen LogP contribution in [0.25, 0.3) is 11.1 Å². The van der Waals surface area contributed by atoms with Gasteiger partial charge in [-0.3, -0.25) is 4.99 Å². The third-order valence-corrected chi connectivity index (χ3v) is 10.7. The van der Waals surface area contributed by atoms with Crippen molar-refractivity contribution in [1.29, 1.82) is 0 Å². The van der Waals surface area contributed by atoms with Gasteiger partial charge in [0.25, 0.3) is 0 Å². The van der Waals surface area contributed by atoms with Crippen LogP contribution in [-0.2, 0) is 16.6 Å². The molecule has 0 aromatic heterocycles. The number of anilines is 2. The Bertz CT molecular complexity index is 1730. The lowest BCUT2D eigenvalue weighted by Gasteiger charge is -2.26. The van der Waals surface area contributed by atoms with Gasteiger partial charge < -0.3 is 9.80 Å². The van der Waals surface area contributed by atoms with Gasteiger partial charge in [0.1, 0.15) is 0 Å². The van der Waals surface area contributed by atoms with Crippen LogP contribution in [0.3, 0.4) is 0 Å². The van der Waals surface area contributed by atoms with Crippen LogP contribution in [0.15, 0.2) is 83.9 Å². The van der Waals surface area contributed by atoms with E-state index in [1.165, 1.54) is 0 Å². The Hall–Kier alpha value is -3.89. The molecule has 2 aliphatic rings. The smallest absolute Gasteiger partial charge is 0.372 e. The zero-order chi connectivity index (χ0) is 35.2. The largest absolute Gasteiger partial charge is 0.511 e. The van der Waals surface area contributed by atoms with E-state index in [2.05, 4.69) is 92.1 Å².